The van der Waals surface area contributed by atoms with Crippen molar-refractivity contribution in [2.75, 3.05) is 10.6 Å². The Morgan fingerprint density at radius 1 is 1.19 bits per heavy atom. The zero-order chi connectivity index (χ0) is 15.2. The van der Waals surface area contributed by atoms with Crippen LogP contribution in [0.25, 0.3) is 0 Å². The minimum atomic E-state index is -0.482. The van der Waals surface area contributed by atoms with Crippen LogP contribution in [-0.2, 0) is 4.79 Å². The number of anilines is 2. The van der Waals surface area contributed by atoms with Crippen molar-refractivity contribution in [3.63, 3.8) is 0 Å². The number of aromatic nitrogens is 1. The zero-order valence-electron chi connectivity index (χ0n) is 11.1. The number of carbonyl (C=O) groups is 2. The summed E-state index contributed by atoms with van der Waals surface area (Å²) in [7, 11) is 0. The molecule has 0 spiro atoms. The second kappa shape index (κ2) is 6.71. The number of rotatable bonds is 3. The van der Waals surface area contributed by atoms with Gasteiger partial charge in [-0.2, -0.15) is 0 Å². The Morgan fingerprint density at radius 3 is 2.71 bits per heavy atom. The predicted molar refractivity (Wildman–Crippen MR) is 79.6 cm³/mol. The molecule has 0 saturated carbocycles. The number of hydrogen-bond donors (Lipinski definition) is 2. The Morgan fingerprint density at radius 2 is 2.00 bits per heavy atom. The van der Waals surface area contributed by atoms with Crippen LogP contribution in [0.3, 0.4) is 0 Å². The second-order valence-corrected chi connectivity index (χ2v) is 4.40. The van der Waals surface area contributed by atoms with Gasteiger partial charge in [0, 0.05) is 24.9 Å². The minimum absolute atomic E-state index is 0.196. The smallest absolute Gasteiger partial charge is 0.323 e. The van der Waals surface area contributed by atoms with E-state index < -0.39 is 12.0 Å². The molecule has 2 aromatic rings. The van der Waals surface area contributed by atoms with Gasteiger partial charge in [-0.25, -0.2) is 9.78 Å². The molecule has 21 heavy (non-hydrogen) atoms. The third-order valence-corrected chi connectivity index (χ3v) is 2.66. The summed E-state index contributed by atoms with van der Waals surface area (Å²) in [5.74, 6) is -0.0848. The first-order chi connectivity index (χ1) is 10.0. The monoisotopic (exact) mass is 305 g/mol. The van der Waals surface area contributed by atoms with Crippen molar-refractivity contribution in [2.24, 2.45) is 0 Å². The molecule has 7 heteroatoms. The van der Waals surface area contributed by atoms with Gasteiger partial charge in [-0.15, -0.1) is 0 Å². The first-order valence-electron chi connectivity index (χ1n) is 6.01. The topological polar surface area (TPSA) is 80.3 Å². The maximum atomic E-state index is 11.9. The standard InChI is InChI=1S/C14H12ClN3O3/c1-9(19)21-11-5-2-4-10(8-11)17-14(20)18-12-6-3-7-16-13(12)15/h2-8H,1H3,(H2,17,18,20). The van der Waals surface area contributed by atoms with Crippen molar-refractivity contribution in [2.45, 2.75) is 6.92 Å². The number of urea groups is 1. The van der Waals surface area contributed by atoms with Gasteiger partial charge in [0.05, 0.1) is 5.69 Å². The molecule has 1 aromatic heterocycles. The van der Waals surface area contributed by atoms with E-state index in [0.717, 1.165) is 0 Å². The van der Waals surface area contributed by atoms with Crippen molar-refractivity contribution in [3.05, 3.63) is 47.7 Å². The largest absolute Gasteiger partial charge is 0.427 e. The molecule has 0 fully saturated rings. The molecule has 108 valence electrons. The summed E-state index contributed by atoms with van der Waals surface area (Å²) in [4.78, 5) is 26.6. The van der Waals surface area contributed by atoms with Crippen LogP contribution in [-0.4, -0.2) is 17.0 Å². The van der Waals surface area contributed by atoms with E-state index in [1.165, 1.54) is 19.2 Å². The molecule has 2 N–H and O–H groups in total. The molecule has 2 rings (SSSR count). The van der Waals surface area contributed by atoms with E-state index in [1.54, 1.807) is 30.3 Å². The zero-order valence-corrected chi connectivity index (χ0v) is 11.8. The van der Waals surface area contributed by atoms with Gasteiger partial charge in [-0.1, -0.05) is 17.7 Å². The van der Waals surface area contributed by atoms with Crippen LogP contribution in [0.1, 0.15) is 6.92 Å². The van der Waals surface area contributed by atoms with E-state index >= 15 is 0 Å². The quantitative estimate of drug-likeness (QED) is 0.518. The van der Waals surface area contributed by atoms with Gasteiger partial charge in [-0.05, 0) is 24.3 Å². The molecule has 0 atom stereocenters. The lowest BCUT2D eigenvalue weighted by Gasteiger charge is -2.09. The lowest BCUT2D eigenvalue weighted by molar-refractivity contribution is -0.131. The molecule has 1 aromatic carbocycles. The lowest BCUT2D eigenvalue weighted by atomic mass is 10.3. The molecule has 1 heterocycles. The van der Waals surface area contributed by atoms with Gasteiger partial charge in [0.2, 0.25) is 0 Å². The summed E-state index contributed by atoms with van der Waals surface area (Å²) in [5, 5.41) is 5.37. The lowest BCUT2D eigenvalue weighted by Crippen LogP contribution is -2.19. The number of hydrogen-bond acceptors (Lipinski definition) is 4. The summed E-state index contributed by atoms with van der Waals surface area (Å²) in [6, 6.07) is 9.27. The van der Waals surface area contributed by atoms with Crippen LogP contribution < -0.4 is 15.4 Å². The maximum Gasteiger partial charge on any atom is 0.323 e. The highest BCUT2D eigenvalue weighted by Gasteiger charge is 2.07. The number of ether oxygens (including phenoxy) is 1. The number of nitrogens with zero attached hydrogens (tertiary/aromatic N) is 1. The third kappa shape index (κ3) is 4.47. The van der Waals surface area contributed by atoms with Crippen molar-refractivity contribution >= 4 is 35.0 Å². The van der Waals surface area contributed by atoms with Crippen molar-refractivity contribution in [3.8, 4) is 5.75 Å². The Hall–Kier alpha value is -2.60. The highest BCUT2D eigenvalue weighted by molar-refractivity contribution is 6.32. The summed E-state index contributed by atoms with van der Waals surface area (Å²) < 4.78 is 4.93. The van der Waals surface area contributed by atoms with E-state index in [0.29, 0.717) is 17.1 Å². The van der Waals surface area contributed by atoms with Crippen molar-refractivity contribution in [1.29, 1.82) is 0 Å². The number of esters is 1. The summed E-state index contributed by atoms with van der Waals surface area (Å²) in [5.41, 5.74) is 0.874. The summed E-state index contributed by atoms with van der Waals surface area (Å²) in [6.07, 6.45) is 1.52. The van der Waals surface area contributed by atoms with Crippen molar-refractivity contribution < 1.29 is 14.3 Å². The summed E-state index contributed by atoms with van der Waals surface area (Å²) in [6.45, 7) is 1.30. The maximum absolute atomic E-state index is 11.9. The van der Waals surface area contributed by atoms with Crippen LogP contribution in [0.2, 0.25) is 5.15 Å². The fourth-order valence-corrected chi connectivity index (χ4v) is 1.73. The third-order valence-electron chi connectivity index (χ3n) is 2.36. The first kappa shape index (κ1) is 14.8. The Balaban J connectivity index is 2.03. The van der Waals surface area contributed by atoms with Crippen LogP contribution in [0, 0.1) is 0 Å². The van der Waals surface area contributed by atoms with E-state index in [4.69, 9.17) is 16.3 Å². The number of benzene rings is 1. The van der Waals surface area contributed by atoms with Gasteiger partial charge in [0.25, 0.3) is 0 Å². The molecule has 0 aliphatic heterocycles. The average Bonchev–Trinajstić information content (AvgIpc) is 2.41. The Bertz CT molecular complexity index is 676. The molecule has 2 amide bonds. The van der Waals surface area contributed by atoms with Crippen LogP contribution in [0.5, 0.6) is 5.75 Å². The highest BCUT2D eigenvalue weighted by Crippen LogP contribution is 2.20. The van der Waals surface area contributed by atoms with E-state index in [9.17, 15) is 9.59 Å². The Labute approximate surface area is 126 Å². The predicted octanol–water partition coefficient (Wildman–Crippen LogP) is 3.30. The van der Waals surface area contributed by atoms with E-state index in [2.05, 4.69) is 15.6 Å². The number of carbonyl (C=O) groups excluding carboxylic acids is 2. The van der Waals surface area contributed by atoms with Gasteiger partial charge < -0.3 is 15.4 Å². The summed E-state index contributed by atoms with van der Waals surface area (Å²) >= 11 is 5.84. The molecule has 0 unspecified atom stereocenters. The van der Waals surface area contributed by atoms with E-state index in [1.807, 2.05) is 0 Å². The van der Waals surface area contributed by atoms with Crippen LogP contribution in [0.15, 0.2) is 42.6 Å². The molecule has 0 saturated heterocycles. The number of nitrogens with one attached hydrogen (secondary N) is 2. The van der Waals surface area contributed by atoms with Gasteiger partial charge in [0.1, 0.15) is 5.75 Å². The van der Waals surface area contributed by atoms with Crippen LogP contribution >= 0.6 is 11.6 Å². The van der Waals surface area contributed by atoms with E-state index in [-0.39, 0.29) is 5.15 Å². The molecule has 6 nitrogen and oxygen atoms in total. The fraction of sp³-hybridized carbons (Fsp3) is 0.0714. The van der Waals surface area contributed by atoms with Gasteiger partial charge >= 0.3 is 12.0 Å². The number of halogens is 1. The molecular weight excluding hydrogens is 294 g/mol. The van der Waals surface area contributed by atoms with Crippen LogP contribution in [0.4, 0.5) is 16.2 Å². The molecule has 0 bridgehead atoms. The first-order valence-corrected chi connectivity index (χ1v) is 6.39. The highest BCUT2D eigenvalue weighted by atomic mass is 35.5. The normalized spacial score (nSPS) is 9.81. The number of pyridine rings is 1. The van der Waals surface area contributed by atoms with Crippen molar-refractivity contribution in [1.82, 2.24) is 4.98 Å². The Kier molecular flexibility index (Phi) is 4.73. The van der Waals surface area contributed by atoms with Gasteiger partial charge in [-0.3, -0.25) is 4.79 Å². The minimum Gasteiger partial charge on any atom is -0.427 e. The average molecular weight is 306 g/mol. The second-order valence-electron chi connectivity index (χ2n) is 4.04. The molecule has 0 aliphatic rings. The molecule has 0 radical (unpaired) electrons. The fourth-order valence-electron chi connectivity index (χ4n) is 1.57. The molecule has 0 aliphatic carbocycles. The van der Waals surface area contributed by atoms with Gasteiger partial charge in [0.15, 0.2) is 5.15 Å². The number of amides is 2. The molecular formula is C14H12ClN3O3. The SMILES string of the molecule is CC(=O)Oc1cccc(NC(=O)Nc2cccnc2Cl)c1.